The molecule has 1 aliphatic heterocycles. The molecular weight excluding hydrogens is 216 g/mol. The lowest BCUT2D eigenvalue weighted by molar-refractivity contribution is 0.111. The number of piperazine rings is 1. The van der Waals surface area contributed by atoms with Crippen LogP contribution in [0.4, 0.5) is 0 Å². The number of thiophene rings is 1. The summed E-state index contributed by atoms with van der Waals surface area (Å²) >= 11 is 1.78. The van der Waals surface area contributed by atoms with Crippen molar-refractivity contribution < 1.29 is 0 Å². The molecule has 2 rings (SSSR count). The molecule has 2 nitrogen and oxygen atoms in total. The molecule has 1 saturated heterocycles. The van der Waals surface area contributed by atoms with E-state index in [1.54, 1.807) is 11.3 Å². The van der Waals surface area contributed by atoms with Crippen LogP contribution in [-0.2, 0) is 0 Å². The molecule has 3 heteroatoms. The SMILES string of the molecule is C#CCN1CCN([C@H](C)c2ccsc2)CC1. The van der Waals surface area contributed by atoms with E-state index in [2.05, 4.69) is 39.5 Å². The van der Waals surface area contributed by atoms with E-state index < -0.39 is 0 Å². The Morgan fingerprint density at radius 2 is 2.19 bits per heavy atom. The fraction of sp³-hybridized carbons (Fsp3) is 0.538. The standard InChI is InChI=1S/C13H18N2S/c1-3-5-14-6-8-15(9-7-14)12(2)13-4-10-16-11-13/h1,4,10-12H,5-9H2,2H3/t12-/m1/s1. The molecule has 0 spiro atoms. The summed E-state index contributed by atoms with van der Waals surface area (Å²) in [5, 5.41) is 4.40. The fourth-order valence-electron chi connectivity index (χ4n) is 2.16. The molecule has 1 atom stereocenters. The first-order chi connectivity index (χ1) is 7.81. The maximum atomic E-state index is 5.33. The van der Waals surface area contributed by atoms with Crippen molar-refractivity contribution in [2.75, 3.05) is 32.7 Å². The van der Waals surface area contributed by atoms with E-state index >= 15 is 0 Å². The maximum Gasteiger partial charge on any atom is 0.0599 e. The predicted molar refractivity (Wildman–Crippen MR) is 69.6 cm³/mol. The Labute approximate surface area is 102 Å². The van der Waals surface area contributed by atoms with Gasteiger partial charge in [0.15, 0.2) is 0 Å². The van der Waals surface area contributed by atoms with Crippen LogP contribution in [0.1, 0.15) is 18.5 Å². The van der Waals surface area contributed by atoms with Crippen LogP contribution in [0.3, 0.4) is 0 Å². The number of hydrogen-bond donors (Lipinski definition) is 0. The van der Waals surface area contributed by atoms with Gasteiger partial charge in [-0.3, -0.25) is 9.80 Å². The van der Waals surface area contributed by atoms with Crippen molar-refractivity contribution in [2.45, 2.75) is 13.0 Å². The van der Waals surface area contributed by atoms with Crippen LogP contribution < -0.4 is 0 Å². The minimum absolute atomic E-state index is 0.541. The lowest BCUT2D eigenvalue weighted by Crippen LogP contribution is -2.47. The Kier molecular flexibility index (Phi) is 4.00. The Hall–Kier alpha value is -0.820. The van der Waals surface area contributed by atoms with Crippen molar-refractivity contribution in [3.05, 3.63) is 22.4 Å². The summed E-state index contributed by atoms with van der Waals surface area (Å²) < 4.78 is 0. The molecule has 0 aliphatic carbocycles. The molecule has 0 amide bonds. The molecule has 0 unspecified atom stereocenters. The first-order valence-electron chi connectivity index (χ1n) is 5.73. The van der Waals surface area contributed by atoms with Crippen LogP contribution in [0, 0.1) is 12.3 Å². The van der Waals surface area contributed by atoms with Crippen molar-refractivity contribution >= 4 is 11.3 Å². The molecule has 0 radical (unpaired) electrons. The minimum Gasteiger partial charge on any atom is -0.294 e. The highest BCUT2D eigenvalue weighted by atomic mass is 32.1. The third-order valence-corrected chi connectivity index (χ3v) is 4.00. The van der Waals surface area contributed by atoms with E-state index in [1.807, 2.05) is 0 Å². The molecule has 0 saturated carbocycles. The third kappa shape index (κ3) is 2.65. The summed E-state index contributed by atoms with van der Waals surface area (Å²) in [5.74, 6) is 2.72. The Morgan fingerprint density at radius 1 is 1.44 bits per heavy atom. The molecular formula is C13H18N2S. The van der Waals surface area contributed by atoms with Gasteiger partial charge in [-0.05, 0) is 29.3 Å². The second-order valence-electron chi connectivity index (χ2n) is 4.25. The van der Waals surface area contributed by atoms with E-state index in [9.17, 15) is 0 Å². The highest BCUT2D eigenvalue weighted by Gasteiger charge is 2.21. The van der Waals surface area contributed by atoms with Gasteiger partial charge in [0.2, 0.25) is 0 Å². The van der Waals surface area contributed by atoms with Crippen molar-refractivity contribution in [1.82, 2.24) is 9.80 Å². The van der Waals surface area contributed by atoms with Gasteiger partial charge in [0.05, 0.1) is 6.54 Å². The van der Waals surface area contributed by atoms with E-state index in [0.29, 0.717) is 6.04 Å². The molecule has 1 aliphatic rings. The van der Waals surface area contributed by atoms with Gasteiger partial charge >= 0.3 is 0 Å². The van der Waals surface area contributed by atoms with Gasteiger partial charge in [-0.25, -0.2) is 0 Å². The summed E-state index contributed by atoms with van der Waals surface area (Å²) in [7, 11) is 0. The zero-order chi connectivity index (χ0) is 11.4. The molecule has 86 valence electrons. The van der Waals surface area contributed by atoms with Gasteiger partial charge in [-0.15, -0.1) is 6.42 Å². The maximum absolute atomic E-state index is 5.33. The molecule has 2 heterocycles. The molecule has 0 bridgehead atoms. The normalized spacial score (nSPS) is 20.5. The second-order valence-corrected chi connectivity index (χ2v) is 5.03. The number of terminal acetylenes is 1. The predicted octanol–water partition coefficient (Wildman–Crippen LogP) is 2.06. The summed E-state index contributed by atoms with van der Waals surface area (Å²) in [6.07, 6.45) is 5.33. The van der Waals surface area contributed by atoms with Gasteiger partial charge < -0.3 is 0 Å². The Morgan fingerprint density at radius 3 is 2.75 bits per heavy atom. The summed E-state index contributed by atoms with van der Waals surface area (Å²) in [5.41, 5.74) is 1.44. The lowest BCUT2D eigenvalue weighted by Gasteiger charge is -2.37. The number of hydrogen-bond acceptors (Lipinski definition) is 3. The highest BCUT2D eigenvalue weighted by Crippen LogP contribution is 2.23. The van der Waals surface area contributed by atoms with Crippen molar-refractivity contribution in [2.24, 2.45) is 0 Å². The van der Waals surface area contributed by atoms with Crippen LogP contribution in [0.5, 0.6) is 0 Å². The number of nitrogens with zero attached hydrogens (tertiary/aromatic N) is 2. The minimum atomic E-state index is 0.541. The molecule has 0 N–H and O–H groups in total. The van der Waals surface area contributed by atoms with Crippen LogP contribution >= 0.6 is 11.3 Å². The van der Waals surface area contributed by atoms with Gasteiger partial charge in [0.25, 0.3) is 0 Å². The third-order valence-electron chi connectivity index (χ3n) is 3.30. The van der Waals surface area contributed by atoms with E-state index in [0.717, 1.165) is 32.7 Å². The fourth-order valence-corrected chi connectivity index (χ4v) is 2.91. The number of rotatable bonds is 3. The quantitative estimate of drug-likeness (QED) is 0.739. The lowest BCUT2D eigenvalue weighted by atomic mass is 10.1. The van der Waals surface area contributed by atoms with Crippen LogP contribution in [0.15, 0.2) is 16.8 Å². The van der Waals surface area contributed by atoms with E-state index in [1.165, 1.54) is 5.56 Å². The Balaban J connectivity index is 1.87. The van der Waals surface area contributed by atoms with Crippen molar-refractivity contribution in [1.29, 1.82) is 0 Å². The topological polar surface area (TPSA) is 6.48 Å². The van der Waals surface area contributed by atoms with E-state index in [4.69, 9.17) is 6.42 Å². The zero-order valence-electron chi connectivity index (χ0n) is 9.72. The first-order valence-corrected chi connectivity index (χ1v) is 6.67. The molecule has 1 fully saturated rings. The van der Waals surface area contributed by atoms with Gasteiger partial charge in [0.1, 0.15) is 0 Å². The summed E-state index contributed by atoms with van der Waals surface area (Å²) in [6.45, 7) is 7.52. The second kappa shape index (κ2) is 5.49. The van der Waals surface area contributed by atoms with E-state index in [-0.39, 0.29) is 0 Å². The summed E-state index contributed by atoms with van der Waals surface area (Å²) in [4.78, 5) is 4.88. The average molecular weight is 234 g/mol. The zero-order valence-corrected chi connectivity index (χ0v) is 10.5. The van der Waals surface area contributed by atoms with Gasteiger partial charge in [-0.1, -0.05) is 5.92 Å². The Bertz CT molecular complexity index is 345. The monoisotopic (exact) mass is 234 g/mol. The molecule has 0 aromatic carbocycles. The van der Waals surface area contributed by atoms with Crippen molar-refractivity contribution in [3.63, 3.8) is 0 Å². The van der Waals surface area contributed by atoms with Crippen molar-refractivity contribution in [3.8, 4) is 12.3 Å². The highest BCUT2D eigenvalue weighted by molar-refractivity contribution is 7.07. The molecule has 1 aromatic heterocycles. The molecule has 1 aromatic rings. The van der Waals surface area contributed by atoms with Crippen LogP contribution in [0.25, 0.3) is 0 Å². The smallest absolute Gasteiger partial charge is 0.0599 e. The van der Waals surface area contributed by atoms with Crippen LogP contribution in [0.2, 0.25) is 0 Å². The largest absolute Gasteiger partial charge is 0.294 e. The van der Waals surface area contributed by atoms with Gasteiger partial charge in [0, 0.05) is 32.2 Å². The first kappa shape index (κ1) is 11.7. The average Bonchev–Trinajstić information content (AvgIpc) is 2.83. The molecule has 16 heavy (non-hydrogen) atoms. The van der Waals surface area contributed by atoms with Crippen LogP contribution in [-0.4, -0.2) is 42.5 Å². The summed E-state index contributed by atoms with van der Waals surface area (Å²) in [6, 6.07) is 2.77. The van der Waals surface area contributed by atoms with Gasteiger partial charge in [-0.2, -0.15) is 11.3 Å².